The number of ether oxygens (including phenoxy) is 3. The van der Waals surface area contributed by atoms with E-state index >= 15 is 0 Å². The lowest BCUT2D eigenvalue weighted by Crippen LogP contribution is -2.77. The van der Waals surface area contributed by atoms with Crippen molar-refractivity contribution in [3.63, 3.8) is 0 Å². The van der Waals surface area contributed by atoms with Gasteiger partial charge in [0.25, 0.3) is 5.91 Å². The SMILES string of the molecule is O=C(COc1ccc(Br)cc1)NC12CC(c3nnc(OCCOC(F)(F)F)o3)(C1)C2. The first-order valence-electron chi connectivity index (χ1n) is 9.04. The maximum Gasteiger partial charge on any atom is 0.522 e. The predicted octanol–water partition coefficient (Wildman–Crippen LogP) is 3.12. The lowest BCUT2D eigenvalue weighted by molar-refractivity contribution is -0.325. The maximum absolute atomic E-state index is 12.2. The second kappa shape index (κ2) is 7.73. The molecule has 2 bridgehead atoms. The van der Waals surface area contributed by atoms with E-state index in [1.807, 2.05) is 12.1 Å². The molecule has 0 unspecified atom stereocenters. The number of rotatable bonds is 9. The highest BCUT2D eigenvalue weighted by Gasteiger charge is 2.71. The fourth-order valence-corrected chi connectivity index (χ4v) is 4.19. The molecule has 3 aliphatic rings. The van der Waals surface area contributed by atoms with E-state index in [0.717, 1.165) is 4.47 Å². The van der Waals surface area contributed by atoms with Crippen LogP contribution < -0.4 is 14.8 Å². The van der Waals surface area contributed by atoms with Gasteiger partial charge in [0.2, 0.25) is 5.89 Å². The quantitative estimate of drug-likeness (QED) is 0.538. The van der Waals surface area contributed by atoms with Crippen LogP contribution in [0.5, 0.6) is 11.8 Å². The first kappa shape index (κ1) is 20.9. The number of nitrogens with one attached hydrogen (secondary N) is 1. The van der Waals surface area contributed by atoms with Gasteiger partial charge in [0.05, 0.1) is 12.0 Å². The van der Waals surface area contributed by atoms with E-state index in [4.69, 9.17) is 13.9 Å². The number of hydrogen-bond donors (Lipinski definition) is 1. The van der Waals surface area contributed by atoms with Gasteiger partial charge in [0.1, 0.15) is 12.4 Å². The topological polar surface area (TPSA) is 95.7 Å². The van der Waals surface area contributed by atoms with E-state index in [1.165, 1.54) is 0 Å². The van der Waals surface area contributed by atoms with Crippen molar-refractivity contribution >= 4 is 21.8 Å². The zero-order chi connectivity index (χ0) is 21.4. The molecule has 0 saturated heterocycles. The molecule has 162 valence electrons. The van der Waals surface area contributed by atoms with Crippen LogP contribution in [0.25, 0.3) is 0 Å². The second-order valence-electron chi connectivity index (χ2n) is 7.40. The van der Waals surface area contributed by atoms with Crippen molar-refractivity contribution in [1.29, 1.82) is 0 Å². The third-order valence-electron chi connectivity index (χ3n) is 5.05. The minimum atomic E-state index is -4.71. The third kappa shape index (κ3) is 4.53. The average molecular weight is 492 g/mol. The Morgan fingerprint density at radius 3 is 2.50 bits per heavy atom. The van der Waals surface area contributed by atoms with Crippen LogP contribution in [0.3, 0.4) is 0 Å². The Hall–Kier alpha value is -2.34. The van der Waals surface area contributed by atoms with Gasteiger partial charge in [0.15, 0.2) is 6.61 Å². The summed E-state index contributed by atoms with van der Waals surface area (Å²) < 4.78 is 56.1. The molecule has 1 aromatic heterocycles. The molecule has 30 heavy (non-hydrogen) atoms. The smallest absolute Gasteiger partial charge is 0.484 e. The monoisotopic (exact) mass is 491 g/mol. The molecule has 8 nitrogen and oxygen atoms in total. The minimum Gasteiger partial charge on any atom is -0.484 e. The zero-order valence-corrected chi connectivity index (χ0v) is 17.1. The van der Waals surface area contributed by atoms with Crippen molar-refractivity contribution in [2.45, 2.75) is 36.6 Å². The highest BCUT2D eigenvalue weighted by molar-refractivity contribution is 9.10. The first-order valence-corrected chi connectivity index (χ1v) is 9.83. The molecule has 0 aliphatic heterocycles. The molecular weight excluding hydrogens is 475 g/mol. The molecule has 0 spiro atoms. The summed E-state index contributed by atoms with van der Waals surface area (Å²) in [6, 6.07) is 7.17. The van der Waals surface area contributed by atoms with E-state index in [9.17, 15) is 18.0 Å². The van der Waals surface area contributed by atoms with Crippen LogP contribution in [0.1, 0.15) is 25.2 Å². The van der Waals surface area contributed by atoms with Crippen LogP contribution in [-0.4, -0.2) is 47.8 Å². The molecule has 1 N–H and O–H groups in total. The molecular formula is C18H17BrF3N3O5. The summed E-state index contributed by atoms with van der Waals surface area (Å²) in [4.78, 5) is 12.2. The summed E-state index contributed by atoms with van der Waals surface area (Å²) in [6.45, 7) is -1.13. The van der Waals surface area contributed by atoms with Gasteiger partial charge in [-0.3, -0.25) is 9.53 Å². The number of nitrogens with zero attached hydrogens (tertiary/aromatic N) is 2. The highest BCUT2D eigenvalue weighted by atomic mass is 79.9. The molecule has 1 aromatic carbocycles. The van der Waals surface area contributed by atoms with Gasteiger partial charge >= 0.3 is 12.4 Å². The number of hydrogen-bond acceptors (Lipinski definition) is 7. The van der Waals surface area contributed by atoms with Gasteiger partial charge < -0.3 is 19.2 Å². The Morgan fingerprint density at radius 1 is 1.13 bits per heavy atom. The minimum absolute atomic E-state index is 0.0884. The van der Waals surface area contributed by atoms with Crippen molar-refractivity contribution < 1.29 is 36.6 Å². The van der Waals surface area contributed by atoms with Gasteiger partial charge in [-0.05, 0) is 43.5 Å². The number of halogens is 4. The first-order chi connectivity index (χ1) is 14.2. The summed E-state index contributed by atoms with van der Waals surface area (Å²) in [5.41, 5.74) is -0.632. The second-order valence-corrected chi connectivity index (χ2v) is 8.31. The number of carbonyl (C=O) groups excluding carboxylic acids is 1. The van der Waals surface area contributed by atoms with Crippen LogP contribution in [-0.2, 0) is 14.9 Å². The van der Waals surface area contributed by atoms with E-state index in [-0.39, 0.29) is 36.2 Å². The van der Waals surface area contributed by atoms with Crippen LogP contribution >= 0.6 is 15.9 Å². The van der Waals surface area contributed by atoms with Crippen LogP contribution in [0.4, 0.5) is 13.2 Å². The molecule has 2 aromatic rings. The predicted molar refractivity (Wildman–Crippen MR) is 97.8 cm³/mol. The summed E-state index contributed by atoms with van der Waals surface area (Å²) in [5.74, 6) is 0.739. The van der Waals surface area contributed by atoms with E-state index < -0.39 is 13.0 Å². The van der Waals surface area contributed by atoms with Crippen molar-refractivity contribution in [3.8, 4) is 11.8 Å². The molecule has 3 fully saturated rings. The summed E-state index contributed by atoms with van der Waals surface area (Å²) >= 11 is 3.33. The number of benzene rings is 1. The molecule has 3 saturated carbocycles. The van der Waals surface area contributed by atoms with Crippen molar-refractivity contribution in [1.82, 2.24) is 15.5 Å². The van der Waals surface area contributed by atoms with Gasteiger partial charge in [0, 0.05) is 10.0 Å². The third-order valence-corrected chi connectivity index (χ3v) is 5.58. The average Bonchev–Trinajstić information content (AvgIpc) is 3.08. The largest absolute Gasteiger partial charge is 0.522 e. The standard InChI is InChI=1S/C18H17BrF3N3O5/c19-11-1-3-12(4-2-11)28-7-13(26)23-17-8-16(9-17,10-17)14-24-25-15(30-14)27-5-6-29-18(20,21)22/h1-4H,5-10H2,(H,23,26). The van der Waals surface area contributed by atoms with E-state index in [2.05, 4.69) is 36.2 Å². The highest BCUT2D eigenvalue weighted by Crippen LogP contribution is 2.67. The summed E-state index contributed by atoms with van der Waals surface area (Å²) in [7, 11) is 0. The van der Waals surface area contributed by atoms with Crippen LogP contribution in [0, 0.1) is 0 Å². The molecule has 0 atom stereocenters. The molecule has 3 aliphatic carbocycles. The Bertz CT molecular complexity index is 899. The maximum atomic E-state index is 12.2. The Balaban J connectivity index is 1.19. The summed E-state index contributed by atoms with van der Waals surface area (Å²) in [6.07, 6.45) is -2.99. The van der Waals surface area contributed by atoms with Crippen LogP contribution in [0.15, 0.2) is 33.2 Å². The van der Waals surface area contributed by atoms with E-state index in [1.54, 1.807) is 12.1 Å². The summed E-state index contributed by atoms with van der Waals surface area (Å²) in [5, 5.41) is 10.6. The Morgan fingerprint density at radius 2 is 1.83 bits per heavy atom. The number of carbonyl (C=O) groups is 1. The number of alkyl halides is 3. The van der Waals surface area contributed by atoms with Gasteiger partial charge in [-0.25, -0.2) is 0 Å². The number of amides is 1. The molecule has 1 amide bonds. The fraction of sp³-hybridized carbons (Fsp3) is 0.500. The molecule has 5 rings (SSSR count). The Kier molecular flexibility index (Phi) is 5.39. The zero-order valence-electron chi connectivity index (χ0n) is 15.5. The lowest BCUT2D eigenvalue weighted by Gasteiger charge is -2.68. The molecule has 0 radical (unpaired) electrons. The Labute approximate surface area is 177 Å². The normalized spacial score (nSPS) is 24.5. The molecule has 1 heterocycles. The lowest BCUT2D eigenvalue weighted by atomic mass is 9.39. The van der Waals surface area contributed by atoms with Crippen molar-refractivity contribution in [3.05, 3.63) is 34.6 Å². The van der Waals surface area contributed by atoms with E-state index in [0.29, 0.717) is 30.9 Å². The number of aromatic nitrogens is 2. The fourth-order valence-electron chi connectivity index (χ4n) is 3.93. The van der Waals surface area contributed by atoms with Gasteiger partial charge in [-0.15, -0.1) is 18.3 Å². The van der Waals surface area contributed by atoms with Gasteiger partial charge in [-0.1, -0.05) is 21.0 Å². The van der Waals surface area contributed by atoms with Crippen LogP contribution in [0.2, 0.25) is 0 Å². The van der Waals surface area contributed by atoms with Crippen molar-refractivity contribution in [2.75, 3.05) is 19.8 Å². The molecule has 12 heteroatoms. The van der Waals surface area contributed by atoms with Gasteiger partial charge in [-0.2, -0.15) is 0 Å². The van der Waals surface area contributed by atoms with Crippen molar-refractivity contribution in [2.24, 2.45) is 0 Å².